The summed E-state index contributed by atoms with van der Waals surface area (Å²) in [6, 6.07) is 0. The van der Waals surface area contributed by atoms with E-state index in [1.807, 2.05) is 13.8 Å². The summed E-state index contributed by atoms with van der Waals surface area (Å²) in [6.07, 6.45) is 0.115. The van der Waals surface area contributed by atoms with Gasteiger partial charge in [0, 0.05) is 0 Å². The normalized spacial score (nSPS) is 10.6. The minimum absolute atomic E-state index is 0.00273. The quantitative estimate of drug-likeness (QED) is 0.527. The number of aromatic nitrogens is 3. The summed E-state index contributed by atoms with van der Waals surface area (Å²) in [6.45, 7) is 4.34. The third-order valence-electron chi connectivity index (χ3n) is 1.46. The van der Waals surface area contributed by atoms with Crippen molar-refractivity contribution in [3.05, 3.63) is 5.82 Å². The molecule has 0 aliphatic carbocycles. The molecular weight excluding hydrogens is 200 g/mol. The molecular formula is C8H14N4O3. The Balaban J connectivity index is 2.25. The van der Waals surface area contributed by atoms with Crippen molar-refractivity contribution in [2.45, 2.75) is 20.0 Å². The first-order valence-electron chi connectivity index (χ1n) is 4.56. The van der Waals surface area contributed by atoms with E-state index in [2.05, 4.69) is 15.2 Å². The molecule has 15 heavy (non-hydrogen) atoms. The van der Waals surface area contributed by atoms with Crippen molar-refractivity contribution in [1.82, 2.24) is 15.2 Å². The number of nitrogen functional groups attached to an aromatic ring is 1. The van der Waals surface area contributed by atoms with Crippen molar-refractivity contribution < 1.29 is 14.3 Å². The van der Waals surface area contributed by atoms with E-state index < -0.39 is 5.97 Å². The maximum absolute atomic E-state index is 11.2. The number of nitrogens with two attached hydrogens (primary N) is 1. The number of aromatic amines is 1. The van der Waals surface area contributed by atoms with Gasteiger partial charge in [-0.1, -0.05) is 0 Å². The number of hydrogen-bond acceptors (Lipinski definition) is 6. The Labute approximate surface area is 87.0 Å². The lowest BCUT2D eigenvalue weighted by Gasteiger charge is -2.06. The molecule has 0 aliphatic rings. The summed E-state index contributed by atoms with van der Waals surface area (Å²) in [7, 11) is 0. The van der Waals surface area contributed by atoms with Gasteiger partial charge in [0.1, 0.15) is 6.61 Å². The average molecular weight is 214 g/mol. The van der Waals surface area contributed by atoms with Crippen molar-refractivity contribution in [3.63, 3.8) is 0 Å². The van der Waals surface area contributed by atoms with Crippen LogP contribution in [0.15, 0.2) is 0 Å². The lowest BCUT2D eigenvalue weighted by Crippen LogP contribution is -2.14. The highest BCUT2D eigenvalue weighted by Crippen LogP contribution is 1.96. The molecule has 0 aromatic carbocycles. The second-order valence-corrected chi connectivity index (χ2v) is 3.10. The zero-order chi connectivity index (χ0) is 11.3. The summed E-state index contributed by atoms with van der Waals surface area (Å²) >= 11 is 0. The number of anilines is 1. The van der Waals surface area contributed by atoms with E-state index >= 15 is 0 Å². The van der Waals surface area contributed by atoms with Gasteiger partial charge >= 0.3 is 5.97 Å². The lowest BCUT2D eigenvalue weighted by molar-refractivity contribution is 0.0168. The largest absolute Gasteiger partial charge is 0.457 e. The molecule has 1 aromatic heterocycles. The SMILES string of the molecule is CC(C)OCCOC(=O)c1nc(N)n[nH]1. The summed E-state index contributed by atoms with van der Waals surface area (Å²) in [5.74, 6) is -0.580. The Kier molecular flexibility index (Phi) is 4.04. The maximum Gasteiger partial charge on any atom is 0.376 e. The van der Waals surface area contributed by atoms with Crippen molar-refractivity contribution in [2.24, 2.45) is 0 Å². The Bertz CT molecular complexity index is 323. The van der Waals surface area contributed by atoms with Crippen molar-refractivity contribution in [1.29, 1.82) is 0 Å². The molecule has 0 unspecified atom stereocenters. The Hall–Kier alpha value is -1.63. The number of carbonyl (C=O) groups is 1. The van der Waals surface area contributed by atoms with Gasteiger partial charge in [0.15, 0.2) is 0 Å². The first-order valence-corrected chi connectivity index (χ1v) is 4.56. The summed E-state index contributed by atoms with van der Waals surface area (Å²) in [4.78, 5) is 14.9. The fourth-order valence-electron chi connectivity index (χ4n) is 0.853. The van der Waals surface area contributed by atoms with Gasteiger partial charge < -0.3 is 15.2 Å². The van der Waals surface area contributed by atoms with Crippen LogP contribution in [0.1, 0.15) is 24.5 Å². The average Bonchev–Trinajstić information content (AvgIpc) is 2.59. The van der Waals surface area contributed by atoms with Crippen LogP contribution in [0.2, 0.25) is 0 Å². The number of nitrogens with zero attached hydrogens (tertiary/aromatic N) is 2. The summed E-state index contributed by atoms with van der Waals surface area (Å²) in [5, 5.41) is 5.86. The topological polar surface area (TPSA) is 103 Å². The first kappa shape index (κ1) is 11.4. The molecule has 84 valence electrons. The van der Waals surface area contributed by atoms with E-state index in [1.165, 1.54) is 0 Å². The van der Waals surface area contributed by atoms with Crippen LogP contribution in [-0.2, 0) is 9.47 Å². The minimum atomic E-state index is -0.591. The molecule has 0 bridgehead atoms. The molecule has 7 nitrogen and oxygen atoms in total. The van der Waals surface area contributed by atoms with E-state index in [-0.39, 0.29) is 24.5 Å². The van der Waals surface area contributed by atoms with Crippen LogP contribution in [0.3, 0.4) is 0 Å². The van der Waals surface area contributed by atoms with Crippen molar-refractivity contribution >= 4 is 11.9 Å². The highest BCUT2D eigenvalue weighted by molar-refractivity contribution is 5.85. The fraction of sp³-hybridized carbons (Fsp3) is 0.625. The standard InChI is InChI=1S/C8H14N4O3/c1-5(2)14-3-4-15-7(13)6-10-8(9)12-11-6/h5H,3-4H2,1-2H3,(H3,9,10,11,12). The van der Waals surface area contributed by atoms with E-state index in [0.29, 0.717) is 6.61 Å². The summed E-state index contributed by atoms with van der Waals surface area (Å²) in [5.41, 5.74) is 5.23. The van der Waals surface area contributed by atoms with Crippen LogP contribution in [0.25, 0.3) is 0 Å². The fourth-order valence-corrected chi connectivity index (χ4v) is 0.853. The second-order valence-electron chi connectivity index (χ2n) is 3.10. The van der Waals surface area contributed by atoms with Gasteiger partial charge in [-0.2, -0.15) is 4.98 Å². The first-order chi connectivity index (χ1) is 7.09. The molecule has 1 rings (SSSR count). The Morgan fingerprint density at radius 2 is 2.27 bits per heavy atom. The van der Waals surface area contributed by atoms with Gasteiger partial charge in [-0.05, 0) is 13.8 Å². The van der Waals surface area contributed by atoms with Crippen molar-refractivity contribution in [3.8, 4) is 0 Å². The molecule has 1 heterocycles. The number of nitrogens with one attached hydrogen (secondary N) is 1. The molecule has 0 fully saturated rings. The minimum Gasteiger partial charge on any atom is -0.457 e. The number of rotatable bonds is 5. The number of H-pyrrole nitrogens is 1. The molecule has 7 heteroatoms. The van der Waals surface area contributed by atoms with Crippen LogP contribution in [0, 0.1) is 0 Å². The molecule has 3 N–H and O–H groups in total. The van der Waals surface area contributed by atoms with Crippen LogP contribution in [0.5, 0.6) is 0 Å². The van der Waals surface area contributed by atoms with Crippen LogP contribution < -0.4 is 5.73 Å². The monoisotopic (exact) mass is 214 g/mol. The van der Waals surface area contributed by atoms with Gasteiger partial charge in [-0.15, -0.1) is 5.10 Å². The van der Waals surface area contributed by atoms with Crippen LogP contribution in [-0.4, -0.2) is 40.5 Å². The van der Waals surface area contributed by atoms with Crippen molar-refractivity contribution in [2.75, 3.05) is 18.9 Å². The van der Waals surface area contributed by atoms with E-state index in [1.54, 1.807) is 0 Å². The third kappa shape index (κ3) is 3.94. The molecule has 1 aromatic rings. The summed E-state index contributed by atoms with van der Waals surface area (Å²) < 4.78 is 10.0. The highest BCUT2D eigenvalue weighted by Gasteiger charge is 2.11. The predicted molar refractivity (Wildman–Crippen MR) is 52.2 cm³/mol. The van der Waals surface area contributed by atoms with Gasteiger partial charge in [0.05, 0.1) is 12.7 Å². The molecule has 0 radical (unpaired) electrons. The van der Waals surface area contributed by atoms with Gasteiger partial charge in [0.2, 0.25) is 11.8 Å². The number of esters is 1. The number of ether oxygens (including phenoxy) is 2. The predicted octanol–water partition coefficient (Wildman–Crippen LogP) is -0.0313. The van der Waals surface area contributed by atoms with Gasteiger partial charge in [-0.3, -0.25) is 5.10 Å². The molecule has 0 saturated carbocycles. The highest BCUT2D eigenvalue weighted by atomic mass is 16.6. The lowest BCUT2D eigenvalue weighted by atomic mass is 10.5. The van der Waals surface area contributed by atoms with E-state index in [0.717, 1.165) is 0 Å². The van der Waals surface area contributed by atoms with Crippen LogP contribution in [0.4, 0.5) is 5.95 Å². The maximum atomic E-state index is 11.2. The zero-order valence-corrected chi connectivity index (χ0v) is 8.69. The Morgan fingerprint density at radius 1 is 1.53 bits per heavy atom. The number of carbonyl (C=O) groups excluding carboxylic acids is 1. The van der Waals surface area contributed by atoms with Gasteiger partial charge in [-0.25, -0.2) is 4.79 Å². The zero-order valence-electron chi connectivity index (χ0n) is 8.69. The molecule has 0 amide bonds. The van der Waals surface area contributed by atoms with E-state index in [4.69, 9.17) is 15.2 Å². The van der Waals surface area contributed by atoms with E-state index in [9.17, 15) is 4.79 Å². The molecule has 0 saturated heterocycles. The third-order valence-corrected chi connectivity index (χ3v) is 1.46. The van der Waals surface area contributed by atoms with Gasteiger partial charge in [0.25, 0.3) is 0 Å². The van der Waals surface area contributed by atoms with Crippen LogP contribution >= 0.6 is 0 Å². The second kappa shape index (κ2) is 5.30. The smallest absolute Gasteiger partial charge is 0.376 e. The molecule has 0 atom stereocenters. The number of hydrogen-bond donors (Lipinski definition) is 2. The molecule has 0 spiro atoms. The molecule has 0 aliphatic heterocycles. The Morgan fingerprint density at radius 3 is 2.80 bits per heavy atom.